The molecule has 1 amide bonds. The van der Waals surface area contributed by atoms with Crippen molar-refractivity contribution in [3.63, 3.8) is 0 Å². The summed E-state index contributed by atoms with van der Waals surface area (Å²) in [7, 11) is 3.33. The molecule has 0 saturated heterocycles. The molecule has 3 rings (SSSR count). The van der Waals surface area contributed by atoms with Crippen LogP contribution in [0.3, 0.4) is 0 Å². The molecule has 0 aromatic heterocycles. The smallest absolute Gasteiger partial charge is 0.222 e. The van der Waals surface area contributed by atoms with Crippen molar-refractivity contribution in [3.05, 3.63) is 71.3 Å². The lowest BCUT2D eigenvalue weighted by Crippen LogP contribution is -2.48. The van der Waals surface area contributed by atoms with Crippen LogP contribution < -0.4 is 0 Å². The molecule has 2 aromatic carbocycles. The van der Waals surface area contributed by atoms with E-state index >= 15 is 0 Å². The number of amides is 1. The highest BCUT2D eigenvalue weighted by Crippen LogP contribution is 2.35. The normalized spacial score (nSPS) is 21.3. The summed E-state index contributed by atoms with van der Waals surface area (Å²) < 4.78 is -0.180. The Morgan fingerprint density at radius 2 is 1.60 bits per heavy atom. The lowest BCUT2D eigenvalue weighted by atomic mass is 9.97. The molecule has 3 nitrogen and oxygen atoms in total. The van der Waals surface area contributed by atoms with Gasteiger partial charge in [0.2, 0.25) is 0 Å². The second-order valence-corrected chi connectivity index (χ2v) is 4.89. The average molecular weight is 266 g/mol. The number of quaternary nitrogens is 1. The first kappa shape index (κ1) is 12.8. The summed E-state index contributed by atoms with van der Waals surface area (Å²) in [6, 6.07) is 17.5. The molecule has 0 N–H and O–H groups in total. The van der Waals surface area contributed by atoms with Gasteiger partial charge in [0.15, 0.2) is 5.70 Å². The van der Waals surface area contributed by atoms with Crippen molar-refractivity contribution in [2.45, 2.75) is 0 Å². The molecular weight excluding hydrogens is 250 g/mol. The van der Waals surface area contributed by atoms with Crippen molar-refractivity contribution in [1.29, 1.82) is 0 Å². The van der Waals surface area contributed by atoms with Crippen LogP contribution in [-0.2, 0) is 4.84 Å². The summed E-state index contributed by atoms with van der Waals surface area (Å²) in [4.78, 5) is 18.3. The topological polar surface area (TPSA) is 26.3 Å². The van der Waals surface area contributed by atoms with Gasteiger partial charge in [-0.1, -0.05) is 41.0 Å². The van der Waals surface area contributed by atoms with Crippen LogP contribution >= 0.6 is 0 Å². The fourth-order valence-electron chi connectivity index (χ4n) is 2.55. The molecule has 1 atom stereocenters. The van der Waals surface area contributed by atoms with Crippen LogP contribution in [0.15, 0.2) is 54.6 Å². The molecule has 2 aromatic rings. The fourth-order valence-corrected chi connectivity index (χ4v) is 2.55. The Bertz CT molecular complexity index is 691. The zero-order valence-corrected chi connectivity index (χ0v) is 11.5. The number of benzene rings is 2. The van der Waals surface area contributed by atoms with Gasteiger partial charge in [-0.05, 0) is 23.8 Å². The van der Waals surface area contributed by atoms with Crippen molar-refractivity contribution in [1.82, 2.24) is 0 Å². The highest BCUT2D eigenvalue weighted by molar-refractivity contribution is 6.01. The Labute approximate surface area is 118 Å². The van der Waals surface area contributed by atoms with Gasteiger partial charge < -0.3 is 0 Å². The van der Waals surface area contributed by atoms with E-state index in [1.165, 1.54) is 0 Å². The molecule has 0 aliphatic carbocycles. The number of carbonyl (C=O) groups excluding carboxylic acids is 1. The average Bonchev–Trinajstić information content (AvgIpc) is 2.52. The quantitative estimate of drug-likeness (QED) is 0.779. The van der Waals surface area contributed by atoms with Gasteiger partial charge in [-0.15, -0.1) is 0 Å². The molecule has 0 spiro atoms. The fraction of sp³-hybridized carbons (Fsp3) is 0.118. The first-order valence-corrected chi connectivity index (χ1v) is 6.50. The minimum atomic E-state index is -0.180. The predicted molar refractivity (Wildman–Crippen MR) is 78.3 cm³/mol. The van der Waals surface area contributed by atoms with Gasteiger partial charge in [0.25, 0.3) is 0 Å². The van der Waals surface area contributed by atoms with Gasteiger partial charge >= 0.3 is 5.91 Å². The first-order valence-electron chi connectivity index (χ1n) is 6.50. The Balaban J connectivity index is 2.26. The van der Waals surface area contributed by atoms with Gasteiger partial charge in [-0.3, -0.25) is 0 Å². The molecule has 20 heavy (non-hydrogen) atoms. The SMILES string of the molecule is CO[N+]1(C)C(=O)c2ccccc2C=C1c1ccccc1. The minimum Gasteiger partial charge on any atom is -0.222 e. The Kier molecular flexibility index (Phi) is 3.01. The van der Waals surface area contributed by atoms with E-state index in [2.05, 4.69) is 0 Å². The number of rotatable bonds is 2. The molecule has 1 aliphatic rings. The number of hydrogen-bond donors (Lipinski definition) is 0. The van der Waals surface area contributed by atoms with Gasteiger partial charge in [-0.2, -0.15) is 4.84 Å². The summed E-state index contributed by atoms with van der Waals surface area (Å²) in [5.41, 5.74) is 3.46. The van der Waals surface area contributed by atoms with Crippen LogP contribution in [0.2, 0.25) is 0 Å². The van der Waals surface area contributed by atoms with E-state index in [1.807, 2.05) is 60.7 Å². The summed E-state index contributed by atoms with van der Waals surface area (Å²) in [6.07, 6.45) is 2.02. The molecule has 0 radical (unpaired) electrons. The third-order valence-corrected chi connectivity index (χ3v) is 3.77. The third kappa shape index (κ3) is 1.80. The summed E-state index contributed by atoms with van der Waals surface area (Å²) >= 11 is 0. The van der Waals surface area contributed by atoms with Gasteiger partial charge in [0, 0.05) is 11.6 Å². The molecule has 100 valence electrons. The second-order valence-electron chi connectivity index (χ2n) is 4.89. The van der Waals surface area contributed by atoms with E-state index in [0.29, 0.717) is 5.56 Å². The number of carbonyl (C=O) groups is 1. The molecule has 3 heteroatoms. The largest absolute Gasteiger partial charge is 0.383 e. The molecule has 0 fully saturated rings. The Morgan fingerprint density at radius 1 is 0.950 bits per heavy atom. The number of hydrogen-bond acceptors (Lipinski definition) is 2. The highest BCUT2D eigenvalue weighted by atomic mass is 16.7. The number of nitrogens with zero attached hydrogens (tertiary/aromatic N) is 1. The van der Waals surface area contributed by atoms with Gasteiger partial charge in [0.05, 0.1) is 12.7 Å². The lowest BCUT2D eigenvalue weighted by molar-refractivity contribution is -0.962. The van der Waals surface area contributed by atoms with E-state index in [0.717, 1.165) is 16.8 Å². The van der Waals surface area contributed by atoms with E-state index < -0.39 is 0 Å². The van der Waals surface area contributed by atoms with Crippen molar-refractivity contribution < 1.29 is 14.3 Å². The van der Waals surface area contributed by atoms with E-state index in [9.17, 15) is 4.79 Å². The second kappa shape index (κ2) is 4.71. The summed E-state index contributed by atoms with van der Waals surface area (Å²) in [6.45, 7) is 0. The Morgan fingerprint density at radius 3 is 2.30 bits per heavy atom. The summed E-state index contributed by atoms with van der Waals surface area (Å²) in [5, 5.41) is 0. The van der Waals surface area contributed by atoms with Crippen LogP contribution in [0, 0.1) is 0 Å². The monoisotopic (exact) mass is 266 g/mol. The molecule has 0 saturated carbocycles. The van der Waals surface area contributed by atoms with Crippen molar-refractivity contribution >= 4 is 17.7 Å². The highest BCUT2D eigenvalue weighted by Gasteiger charge is 2.44. The molecular formula is C17H16NO2+. The maximum atomic E-state index is 12.8. The Hall–Kier alpha value is -2.23. The van der Waals surface area contributed by atoms with Gasteiger partial charge in [0.1, 0.15) is 7.05 Å². The molecule has 1 aliphatic heterocycles. The predicted octanol–water partition coefficient (Wildman–Crippen LogP) is 3.35. The number of fused-ring (bicyclic) bond motifs is 1. The first-order chi connectivity index (χ1) is 9.66. The van der Waals surface area contributed by atoms with Crippen LogP contribution in [0.5, 0.6) is 0 Å². The van der Waals surface area contributed by atoms with Crippen LogP contribution in [0.1, 0.15) is 21.5 Å². The molecule has 0 bridgehead atoms. The van der Waals surface area contributed by atoms with E-state index in [1.54, 1.807) is 14.2 Å². The van der Waals surface area contributed by atoms with Crippen LogP contribution in [0.4, 0.5) is 0 Å². The van der Waals surface area contributed by atoms with Gasteiger partial charge in [-0.25, -0.2) is 4.79 Å². The van der Waals surface area contributed by atoms with Crippen molar-refractivity contribution in [2.24, 2.45) is 0 Å². The molecule has 1 heterocycles. The lowest BCUT2D eigenvalue weighted by Gasteiger charge is -2.32. The van der Waals surface area contributed by atoms with Crippen molar-refractivity contribution in [2.75, 3.05) is 14.2 Å². The zero-order valence-electron chi connectivity index (χ0n) is 11.5. The maximum Gasteiger partial charge on any atom is 0.383 e. The third-order valence-electron chi connectivity index (χ3n) is 3.77. The zero-order chi connectivity index (χ0) is 14.2. The summed E-state index contributed by atoms with van der Waals surface area (Å²) in [5.74, 6) is -0.0514. The van der Waals surface area contributed by atoms with E-state index in [-0.39, 0.29) is 10.6 Å². The van der Waals surface area contributed by atoms with Crippen LogP contribution in [0.25, 0.3) is 11.8 Å². The van der Waals surface area contributed by atoms with Crippen molar-refractivity contribution in [3.8, 4) is 0 Å². The number of hydroxylamine groups is 3. The maximum absolute atomic E-state index is 12.8. The minimum absolute atomic E-state index is 0.0514. The standard InChI is InChI=1S/C17H16NO2/c1-18(20-2)16(13-8-4-3-5-9-13)12-14-10-6-7-11-15(14)17(18)19/h3-12H,1-2H3/q+1. The van der Waals surface area contributed by atoms with E-state index in [4.69, 9.17) is 4.84 Å². The molecule has 1 unspecified atom stereocenters. The van der Waals surface area contributed by atoms with Crippen LogP contribution in [-0.4, -0.2) is 24.7 Å².